The van der Waals surface area contributed by atoms with Gasteiger partial charge in [-0.2, -0.15) is 18.4 Å². The van der Waals surface area contributed by atoms with Crippen molar-refractivity contribution in [2.24, 2.45) is 0 Å². The molecule has 0 heterocycles. The lowest BCUT2D eigenvalue weighted by Gasteiger charge is -2.15. The SMILES string of the molecule is CCS(=O)(=O)c1ccc(CC(=O)Nc2ccc(OCC(F)(F)F)c(-c3cccc(C#N)c3)c2)cc1. The molecule has 35 heavy (non-hydrogen) atoms. The summed E-state index contributed by atoms with van der Waals surface area (Å²) in [5.41, 5.74) is 1.94. The average molecular weight is 503 g/mol. The minimum absolute atomic E-state index is 0.0326. The molecule has 0 unspecified atom stereocenters. The van der Waals surface area contributed by atoms with Crippen LogP contribution in [-0.4, -0.2) is 32.9 Å². The van der Waals surface area contributed by atoms with Crippen molar-refractivity contribution in [1.29, 1.82) is 5.26 Å². The van der Waals surface area contributed by atoms with E-state index in [1.807, 2.05) is 6.07 Å². The largest absolute Gasteiger partial charge is 0.483 e. The maximum absolute atomic E-state index is 12.7. The molecule has 0 saturated heterocycles. The zero-order valence-electron chi connectivity index (χ0n) is 18.6. The molecule has 1 N–H and O–H groups in total. The number of halogens is 3. The number of nitrogens with one attached hydrogen (secondary N) is 1. The van der Waals surface area contributed by atoms with Crippen LogP contribution < -0.4 is 10.1 Å². The Hall–Kier alpha value is -3.84. The molecule has 10 heteroatoms. The number of hydrogen-bond acceptors (Lipinski definition) is 5. The predicted octanol–water partition coefficient (Wildman–Crippen LogP) is 5.14. The van der Waals surface area contributed by atoms with Gasteiger partial charge in [-0.15, -0.1) is 0 Å². The standard InChI is InChI=1S/C25H21F3N2O4S/c1-2-35(32,33)21-9-6-17(7-10-21)13-24(31)30-20-8-11-23(34-16-25(26,27)28)22(14-20)19-5-3-4-18(12-19)15-29/h3-12,14H,2,13,16H2,1H3,(H,30,31). The van der Waals surface area contributed by atoms with Gasteiger partial charge in [-0.3, -0.25) is 4.79 Å². The number of anilines is 1. The molecule has 0 bridgehead atoms. The zero-order chi connectivity index (χ0) is 25.6. The summed E-state index contributed by atoms with van der Waals surface area (Å²) in [6, 6.07) is 18.4. The molecule has 1 amide bonds. The second-order valence-electron chi connectivity index (χ2n) is 7.58. The summed E-state index contributed by atoms with van der Waals surface area (Å²) in [7, 11) is -3.35. The van der Waals surface area contributed by atoms with Crippen LogP contribution in [0.15, 0.2) is 71.6 Å². The Kier molecular flexibility index (Phi) is 7.82. The van der Waals surface area contributed by atoms with Crippen LogP contribution in [0.1, 0.15) is 18.1 Å². The third-order valence-electron chi connectivity index (χ3n) is 4.98. The summed E-state index contributed by atoms with van der Waals surface area (Å²) in [4.78, 5) is 12.7. The van der Waals surface area contributed by atoms with E-state index in [0.717, 1.165) is 0 Å². The molecule has 3 aromatic rings. The Labute approximate surface area is 200 Å². The molecule has 0 aliphatic rings. The maximum Gasteiger partial charge on any atom is 0.422 e. The number of alkyl halides is 3. The van der Waals surface area contributed by atoms with E-state index in [1.165, 1.54) is 36.4 Å². The fourth-order valence-corrected chi connectivity index (χ4v) is 4.13. The van der Waals surface area contributed by atoms with Crippen molar-refractivity contribution in [1.82, 2.24) is 0 Å². The van der Waals surface area contributed by atoms with E-state index in [0.29, 0.717) is 22.4 Å². The molecule has 0 aromatic heterocycles. The Morgan fingerprint density at radius 1 is 1.06 bits per heavy atom. The van der Waals surface area contributed by atoms with Crippen molar-refractivity contribution in [3.63, 3.8) is 0 Å². The fraction of sp³-hybridized carbons (Fsp3) is 0.200. The number of amides is 1. The van der Waals surface area contributed by atoms with Gasteiger partial charge in [0.15, 0.2) is 16.4 Å². The van der Waals surface area contributed by atoms with E-state index in [9.17, 15) is 26.4 Å². The van der Waals surface area contributed by atoms with Gasteiger partial charge in [-0.05, 0) is 53.6 Å². The van der Waals surface area contributed by atoms with Crippen molar-refractivity contribution in [3.8, 4) is 22.9 Å². The van der Waals surface area contributed by atoms with Crippen LogP contribution in [0.5, 0.6) is 5.75 Å². The number of sulfone groups is 1. The van der Waals surface area contributed by atoms with Gasteiger partial charge in [0.2, 0.25) is 5.91 Å². The van der Waals surface area contributed by atoms with E-state index in [2.05, 4.69) is 5.32 Å². The zero-order valence-corrected chi connectivity index (χ0v) is 19.4. The molecule has 3 rings (SSSR count). The van der Waals surface area contributed by atoms with Crippen LogP contribution >= 0.6 is 0 Å². The first-order valence-corrected chi connectivity index (χ1v) is 12.1. The normalized spacial score (nSPS) is 11.5. The third-order valence-corrected chi connectivity index (χ3v) is 6.73. The van der Waals surface area contributed by atoms with Gasteiger partial charge >= 0.3 is 6.18 Å². The van der Waals surface area contributed by atoms with Gasteiger partial charge in [0, 0.05) is 11.3 Å². The summed E-state index contributed by atoms with van der Waals surface area (Å²) in [5.74, 6) is -0.491. The smallest absolute Gasteiger partial charge is 0.422 e. The Bertz CT molecular complexity index is 1360. The van der Waals surface area contributed by atoms with Crippen LogP contribution in [0.2, 0.25) is 0 Å². The molecule has 0 fully saturated rings. The summed E-state index contributed by atoms with van der Waals surface area (Å²) < 4.78 is 66.9. The second kappa shape index (κ2) is 10.6. The highest BCUT2D eigenvalue weighted by Gasteiger charge is 2.29. The molecular formula is C25H21F3N2O4S. The summed E-state index contributed by atoms with van der Waals surface area (Å²) >= 11 is 0. The highest BCUT2D eigenvalue weighted by atomic mass is 32.2. The molecule has 182 valence electrons. The van der Waals surface area contributed by atoms with Gasteiger partial charge in [0.1, 0.15) is 5.75 Å². The molecule has 6 nitrogen and oxygen atoms in total. The number of carbonyl (C=O) groups is 1. The van der Waals surface area contributed by atoms with Crippen molar-refractivity contribution in [2.45, 2.75) is 24.4 Å². The molecular weight excluding hydrogens is 481 g/mol. The fourth-order valence-electron chi connectivity index (χ4n) is 3.25. The van der Waals surface area contributed by atoms with Gasteiger partial charge in [-0.25, -0.2) is 8.42 Å². The van der Waals surface area contributed by atoms with Crippen molar-refractivity contribution >= 4 is 21.4 Å². The highest BCUT2D eigenvalue weighted by molar-refractivity contribution is 7.91. The van der Waals surface area contributed by atoms with E-state index in [4.69, 9.17) is 10.00 Å². The first-order valence-electron chi connectivity index (χ1n) is 10.5. The Morgan fingerprint density at radius 2 is 1.77 bits per heavy atom. The predicted molar refractivity (Wildman–Crippen MR) is 125 cm³/mol. The van der Waals surface area contributed by atoms with Gasteiger partial charge in [0.05, 0.1) is 28.7 Å². The molecule has 0 spiro atoms. The molecule has 0 aliphatic carbocycles. The van der Waals surface area contributed by atoms with E-state index >= 15 is 0 Å². The number of rotatable bonds is 8. The van der Waals surface area contributed by atoms with Crippen molar-refractivity contribution in [2.75, 3.05) is 17.7 Å². The summed E-state index contributed by atoms with van der Waals surface area (Å²) in [6.07, 6.45) is -4.58. The van der Waals surface area contributed by atoms with Crippen molar-refractivity contribution < 1.29 is 31.1 Å². The van der Waals surface area contributed by atoms with Gasteiger partial charge in [0.25, 0.3) is 0 Å². The highest BCUT2D eigenvalue weighted by Crippen LogP contribution is 2.34. The topological polar surface area (TPSA) is 96.3 Å². The maximum atomic E-state index is 12.7. The third kappa shape index (κ3) is 7.07. The molecule has 0 radical (unpaired) electrons. The molecule has 0 saturated carbocycles. The van der Waals surface area contributed by atoms with E-state index < -0.39 is 28.5 Å². The number of nitrogens with zero attached hydrogens (tertiary/aromatic N) is 1. The molecule has 3 aromatic carbocycles. The first kappa shape index (κ1) is 25.8. The number of nitriles is 1. The van der Waals surface area contributed by atoms with Gasteiger partial charge in [-0.1, -0.05) is 31.2 Å². The first-order chi connectivity index (χ1) is 16.5. The lowest BCUT2D eigenvalue weighted by molar-refractivity contribution is -0.153. The monoisotopic (exact) mass is 502 g/mol. The van der Waals surface area contributed by atoms with Gasteiger partial charge < -0.3 is 10.1 Å². The van der Waals surface area contributed by atoms with Crippen LogP contribution in [0, 0.1) is 11.3 Å². The number of ether oxygens (including phenoxy) is 1. The lowest BCUT2D eigenvalue weighted by atomic mass is 10.0. The van der Waals surface area contributed by atoms with E-state index in [-0.39, 0.29) is 28.4 Å². The van der Waals surface area contributed by atoms with E-state index in [1.54, 1.807) is 37.3 Å². The van der Waals surface area contributed by atoms with Crippen LogP contribution in [0.25, 0.3) is 11.1 Å². The average Bonchev–Trinajstić information content (AvgIpc) is 2.83. The quantitative estimate of drug-likeness (QED) is 0.460. The number of carbonyl (C=O) groups excluding carboxylic acids is 1. The number of hydrogen-bond donors (Lipinski definition) is 1. The second-order valence-corrected chi connectivity index (χ2v) is 9.86. The minimum atomic E-state index is -4.54. The van der Waals surface area contributed by atoms with Crippen LogP contribution in [-0.2, 0) is 21.1 Å². The lowest BCUT2D eigenvalue weighted by Crippen LogP contribution is -2.19. The summed E-state index contributed by atoms with van der Waals surface area (Å²) in [6.45, 7) is 0.0499. The Balaban J connectivity index is 1.82. The number of benzene rings is 3. The molecule has 0 atom stereocenters. The van der Waals surface area contributed by atoms with Crippen LogP contribution in [0.4, 0.5) is 18.9 Å². The summed E-state index contributed by atoms with van der Waals surface area (Å²) in [5, 5.41) is 11.8. The molecule has 0 aliphatic heterocycles. The minimum Gasteiger partial charge on any atom is -0.483 e. The van der Waals surface area contributed by atoms with Crippen LogP contribution in [0.3, 0.4) is 0 Å². The Morgan fingerprint density at radius 3 is 2.40 bits per heavy atom. The van der Waals surface area contributed by atoms with Crippen molar-refractivity contribution in [3.05, 3.63) is 77.9 Å².